The van der Waals surface area contributed by atoms with E-state index in [1.54, 1.807) is 6.92 Å². The molecule has 166 valence electrons. The van der Waals surface area contributed by atoms with E-state index in [-0.39, 0.29) is 41.3 Å². The molecule has 0 radical (unpaired) electrons. The number of carbonyl (C=O) groups is 2. The van der Waals surface area contributed by atoms with Gasteiger partial charge in [-0.15, -0.1) is 0 Å². The minimum atomic E-state index is -1.10. The molecular weight excluding hydrogens is 432 g/mol. The topological polar surface area (TPSA) is 154 Å². The van der Waals surface area contributed by atoms with Gasteiger partial charge in [-0.25, -0.2) is 4.79 Å². The minimum absolute atomic E-state index is 0.0154. The predicted octanol–water partition coefficient (Wildman–Crippen LogP) is 3.38. The van der Waals surface area contributed by atoms with Crippen LogP contribution in [-0.2, 0) is 21.6 Å². The van der Waals surface area contributed by atoms with Gasteiger partial charge in [-0.3, -0.25) is 10.1 Å². The van der Waals surface area contributed by atoms with Gasteiger partial charge in [0.25, 0.3) is 5.89 Å². The lowest BCUT2D eigenvalue weighted by Gasteiger charge is -2.06. The van der Waals surface area contributed by atoms with Gasteiger partial charge >= 0.3 is 17.8 Å². The lowest BCUT2D eigenvalue weighted by molar-refractivity contribution is -0.140. The number of ether oxygens (including phenoxy) is 1. The Labute approximate surface area is 185 Å². The third-order valence-corrected chi connectivity index (χ3v) is 5.13. The molecule has 1 saturated carbocycles. The quantitative estimate of drug-likeness (QED) is 0.434. The van der Waals surface area contributed by atoms with Crippen molar-refractivity contribution >= 4 is 29.2 Å². The van der Waals surface area contributed by atoms with Gasteiger partial charge in [0, 0.05) is 5.92 Å². The summed E-state index contributed by atoms with van der Waals surface area (Å²) in [6.07, 6.45) is 0.213. The van der Waals surface area contributed by atoms with Crippen LogP contribution in [0.4, 0.5) is 10.5 Å². The maximum absolute atomic E-state index is 12.2. The molecule has 0 unspecified atom stereocenters. The molecule has 1 aliphatic carbocycles. The summed E-state index contributed by atoms with van der Waals surface area (Å²) in [6.45, 7) is 1.74. The van der Waals surface area contributed by atoms with Crippen molar-refractivity contribution in [2.75, 3.05) is 5.32 Å². The molecule has 1 aromatic carbocycles. The molecule has 3 heterocycles. The first-order valence-corrected chi connectivity index (χ1v) is 9.92. The number of nitrogens with one attached hydrogen (secondary N) is 1. The lowest BCUT2D eigenvalue weighted by atomic mass is 10.1. The smallest absolute Gasteiger partial charge is 0.412 e. The number of hydrogen-bond donors (Lipinski definition) is 2. The molecule has 33 heavy (non-hydrogen) atoms. The molecule has 0 saturated heterocycles. The summed E-state index contributed by atoms with van der Waals surface area (Å²) in [7, 11) is 0. The molecular formula is C22H16N4O7. The SMILES string of the molecule is Cc1noc(C#Cc2nc3nc(C4(C(=O)O)CC4)oc3o2)c1NC(=O)OCc1ccccc1. The zero-order chi connectivity index (χ0) is 23.0. The Morgan fingerprint density at radius 1 is 1.18 bits per heavy atom. The number of hydrogen-bond acceptors (Lipinski definition) is 9. The van der Waals surface area contributed by atoms with Crippen molar-refractivity contribution in [3.63, 3.8) is 0 Å². The van der Waals surface area contributed by atoms with E-state index in [4.69, 9.17) is 18.1 Å². The maximum Gasteiger partial charge on any atom is 0.412 e. The van der Waals surface area contributed by atoms with Gasteiger partial charge in [0.15, 0.2) is 0 Å². The molecule has 11 nitrogen and oxygen atoms in total. The van der Waals surface area contributed by atoms with Crippen LogP contribution in [0.2, 0.25) is 0 Å². The van der Waals surface area contributed by atoms with Crippen LogP contribution >= 0.6 is 0 Å². The number of aryl methyl sites for hydroxylation is 1. The Balaban J connectivity index is 1.29. The van der Waals surface area contributed by atoms with Gasteiger partial charge in [-0.05, 0) is 31.2 Å². The third-order valence-electron chi connectivity index (χ3n) is 5.13. The highest BCUT2D eigenvalue weighted by atomic mass is 16.5. The summed E-state index contributed by atoms with van der Waals surface area (Å²) in [5.41, 5.74) is 0.538. The number of anilines is 1. The van der Waals surface area contributed by atoms with Crippen molar-refractivity contribution in [2.45, 2.75) is 31.8 Å². The van der Waals surface area contributed by atoms with Crippen molar-refractivity contribution in [2.24, 2.45) is 0 Å². The molecule has 1 fully saturated rings. The van der Waals surface area contributed by atoms with Gasteiger partial charge in [0.2, 0.25) is 17.3 Å². The van der Waals surface area contributed by atoms with Gasteiger partial charge in [0.1, 0.15) is 23.4 Å². The Morgan fingerprint density at radius 3 is 2.67 bits per heavy atom. The highest BCUT2D eigenvalue weighted by molar-refractivity contribution is 5.87. The normalized spacial score (nSPS) is 13.8. The van der Waals surface area contributed by atoms with E-state index in [1.807, 2.05) is 30.3 Å². The minimum Gasteiger partial charge on any atom is -0.480 e. The molecule has 3 aromatic heterocycles. The van der Waals surface area contributed by atoms with Crippen LogP contribution in [0, 0.1) is 18.8 Å². The largest absolute Gasteiger partial charge is 0.480 e. The summed E-state index contributed by atoms with van der Waals surface area (Å²) in [6, 6.07) is 9.24. The molecule has 2 N–H and O–H groups in total. The summed E-state index contributed by atoms with van der Waals surface area (Å²) < 4.78 is 21.2. The van der Waals surface area contributed by atoms with Crippen molar-refractivity contribution in [1.29, 1.82) is 0 Å². The molecule has 0 spiro atoms. The molecule has 1 aliphatic rings. The summed E-state index contributed by atoms with van der Waals surface area (Å²) in [5, 5.41) is 15.7. The zero-order valence-corrected chi connectivity index (χ0v) is 17.2. The fourth-order valence-corrected chi connectivity index (χ4v) is 3.12. The monoisotopic (exact) mass is 448 g/mol. The highest BCUT2D eigenvalue weighted by Crippen LogP contribution is 2.48. The van der Waals surface area contributed by atoms with Gasteiger partial charge in [-0.1, -0.05) is 35.5 Å². The molecule has 0 bridgehead atoms. The number of aromatic nitrogens is 3. The second kappa shape index (κ2) is 7.83. The van der Waals surface area contributed by atoms with Crippen molar-refractivity contribution in [3.8, 4) is 11.8 Å². The molecule has 0 atom stereocenters. The van der Waals surface area contributed by atoms with Gasteiger partial charge < -0.3 is 23.2 Å². The summed E-state index contributed by atoms with van der Waals surface area (Å²) in [4.78, 5) is 31.8. The Hall–Kier alpha value is -4.59. The third kappa shape index (κ3) is 3.89. The Morgan fingerprint density at radius 2 is 1.97 bits per heavy atom. The molecule has 1 amide bonds. The van der Waals surface area contributed by atoms with Gasteiger partial charge in [0.05, 0.1) is 0 Å². The number of nitrogens with zero attached hydrogens (tertiary/aromatic N) is 3. The standard InChI is InChI=1S/C22H16N4O7/c1-12-16(24-21(29)30-11-13-5-3-2-4-6-13)14(33-26-12)7-8-15-23-17-18(31-15)32-19(25-17)22(9-10-22)20(27)28/h2-6H,9-11H2,1H3,(H,24,29)(H,27,28). The van der Waals surface area contributed by atoms with Crippen LogP contribution in [0.3, 0.4) is 0 Å². The average molecular weight is 448 g/mol. The predicted molar refractivity (Wildman–Crippen MR) is 110 cm³/mol. The Kier molecular flexibility index (Phi) is 4.82. The second-order valence-corrected chi connectivity index (χ2v) is 7.45. The summed E-state index contributed by atoms with van der Waals surface area (Å²) >= 11 is 0. The number of aliphatic carboxylic acids is 1. The van der Waals surface area contributed by atoms with E-state index < -0.39 is 17.5 Å². The van der Waals surface area contributed by atoms with Crippen molar-refractivity contribution in [3.05, 3.63) is 59.1 Å². The van der Waals surface area contributed by atoms with Crippen molar-refractivity contribution in [1.82, 2.24) is 15.1 Å². The number of amides is 1. The van der Waals surface area contributed by atoms with E-state index >= 15 is 0 Å². The first-order valence-electron chi connectivity index (χ1n) is 9.92. The number of carboxylic acids is 1. The van der Waals surface area contributed by atoms with E-state index in [1.165, 1.54) is 0 Å². The van der Waals surface area contributed by atoms with Crippen LogP contribution in [0.25, 0.3) is 11.4 Å². The fourth-order valence-electron chi connectivity index (χ4n) is 3.12. The lowest BCUT2D eigenvalue weighted by Crippen LogP contribution is -2.19. The second-order valence-electron chi connectivity index (χ2n) is 7.45. The molecule has 11 heteroatoms. The Bertz CT molecular complexity index is 1390. The number of benzene rings is 1. The number of carboxylic acid groups (broad SMARTS) is 1. The molecule has 0 aliphatic heterocycles. The van der Waals surface area contributed by atoms with E-state index in [0.29, 0.717) is 18.5 Å². The number of rotatable bonds is 5. The number of fused-ring (bicyclic) bond motifs is 1. The highest BCUT2D eigenvalue weighted by Gasteiger charge is 2.56. The summed E-state index contributed by atoms with van der Waals surface area (Å²) in [5.74, 6) is 4.46. The van der Waals surface area contributed by atoms with E-state index in [9.17, 15) is 14.7 Å². The van der Waals surface area contributed by atoms with Crippen LogP contribution in [0.15, 0.2) is 43.7 Å². The van der Waals surface area contributed by atoms with Crippen LogP contribution in [0.1, 0.15) is 41.6 Å². The van der Waals surface area contributed by atoms with E-state index in [0.717, 1.165) is 5.56 Å². The zero-order valence-electron chi connectivity index (χ0n) is 17.2. The van der Waals surface area contributed by atoms with Gasteiger partial charge in [-0.2, -0.15) is 9.97 Å². The average Bonchev–Trinajstić information content (AvgIpc) is 3.24. The maximum atomic E-state index is 12.2. The first kappa shape index (κ1) is 20.3. The number of oxazole rings is 2. The molecule has 5 rings (SSSR count). The van der Waals surface area contributed by atoms with Crippen molar-refractivity contribution < 1.29 is 32.8 Å². The molecule has 4 aromatic rings. The van der Waals surface area contributed by atoms with Crippen LogP contribution in [-0.4, -0.2) is 32.3 Å². The van der Waals surface area contributed by atoms with Crippen LogP contribution < -0.4 is 5.32 Å². The van der Waals surface area contributed by atoms with Crippen LogP contribution in [0.5, 0.6) is 0 Å². The first-order chi connectivity index (χ1) is 15.9. The fraction of sp³-hybridized carbons (Fsp3) is 0.227. The van der Waals surface area contributed by atoms with E-state index in [2.05, 4.69) is 32.3 Å². The number of carbonyl (C=O) groups excluding carboxylic acids is 1.